The summed E-state index contributed by atoms with van der Waals surface area (Å²) >= 11 is 0. The Morgan fingerprint density at radius 3 is 3.06 bits per heavy atom. The third-order valence-corrected chi connectivity index (χ3v) is 2.14. The first kappa shape index (κ1) is 10.2. The van der Waals surface area contributed by atoms with Gasteiger partial charge in [-0.25, -0.2) is 0 Å². The van der Waals surface area contributed by atoms with E-state index >= 15 is 0 Å². The van der Waals surface area contributed by atoms with Gasteiger partial charge in [0.1, 0.15) is 11.5 Å². The topological polar surface area (TPSA) is 102 Å². The Balaban J connectivity index is 1.96. The Labute approximate surface area is 91.6 Å². The molecule has 84 valence electrons. The van der Waals surface area contributed by atoms with Crippen LogP contribution in [0.15, 0.2) is 18.5 Å². The molecule has 1 amide bonds. The number of nitrogens with two attached hydrogens (primary N) is 1. The van der Waals surface area contributed by atoms with Crippen molar-refractivity contribution in [1.29, 1.82) is 0 Å². The standard InChI is InChI=1S/C9H12N6O/c1-15-3-2-7(14-15)9(16)11-4-6-5-12-13-8(6)10/h2-3,5H,4H2,1H3,(H,11,16)(H3,10,12,13). The maximum atomic E-state index is 11.6. The lowest BCUT2D eigenvalue weighted by atomic mass is 10.3. The fourth-order valence-corrected chi connectivity index (χ4v) is 1.26. The normalized spacial score (nSPS) is 10.3. The average molecular weight is 220 g/mol. The van der Waals surface area contributed by atoms with Crippen molar-refractivity contribution in [2.24, 2.45) is 7.05 Å². The molecule has 2 aromatic rings. The van der Waals surface area contributed by atoms with Gasteiger partial charge >= 0.3 is 0 Å². The highest BCUT2D eigenvalue weighted by Crippen LogP contribution is 2.05. The summed E-state index contributed by atoms with van der Waals surface area (Å²) in [5.74, 6) is 0.225. The molecule has 0 saturated carbocycles. The lowest BCUT2D eigenvalue weighted by molar-refractivity contribution is 0.0945. The van der Waals surface area contributed by atoms with Crippen molar-refractivity contribution < 1.29 is 4.79 Å². The zero-order valence-electron chi connectivity index (χ0n) is 8.77. The van der Waals surface area contributed by atoms with Crippen LogP contribution in [0.2, 0.25) is 0 Å². The van der Waals surface area contributed by atoms with Gasteiger partial charge < -0.3 is 11.1 Å². The number of aromatic nitrogens is 4. The van der Waals surface area contributed by atoms with E-state index in [1.54, 1.807) is 30.2 Å². The van der Waals surface area contributed by atoms with Gasteiger partial charge in [-0.15, -0.1) is 0 Å². The molecule has 0 atom stereocenters. The van der Waals surface area contributed by atoms with E-state index in [1.807, 2.05) is 0 Å². The molecule has 2 rings (SSSR count). The number of hydrogen-bond donors (Lipinski definition) is 3. The molecule has 0 fully saturated rings. The third kappa shape index (κ3) is 2.02. The molecular weight excluding hydrogens is 208 g/mol. The summed E-state index contributed by atoms with van der Waals surface area (Å²) in [7, 11) is 1.75. The van der Waals surface area contributed by atoms with E-state index in [-0.39, 0.29) is 5.91 Å². The summed E-state index contributed by atoms with van der Waals surface area (Å²) in [5, 5.41) is 13.0. The van der Waals surface area contributed by atoms with Gasteiger partial charge in [-0.05, 0) is 6.07 Å². The fraction of sp³-hybridized carbons (Fsp3) is 0.222. The minimum Gasteiger partial charge on any atom is -0.384 e. The van der Waals surface area contributed by atoms with E-state index in [9.17, 15) is 4.79 Å². The number of H-pyrrole nitrogens is 1. The van der Waals surface area contributed by atoms with Crippen LogP contribution >= 0.6 is 0 Å². The number of nitrogen functional groups attached to an aromatic ring is 1. The van der Waals surface area contributed by atoms with Gasteiger partial charge in [0.15, 0.2) is 0 Å². The van der Waals surface area contributed by atoms with Crippen LogP contribution in [0.3, 0.4) is 0 Å². The van der Waals surface area contributed by atoms with E-state index in [4.69, 9.17) is 5.73 Å². The SMILES string of the molecule is Cn1ccc(C(=O)NCc2cn[nH]c2N)n1. The number of nitrogens with zero attached hydrogens (tertiary/aromatic N) is 3. The molecule has 4 N–H and O–H groups in total. The number of hydrogen-bond acceptors (Lipinski definition) is 4. The number of anilines is 1. The van der Waals surface area contributed by atoms with Gasteiger partial charge in [0.05, 0.1) is 6.20 Å². The maximum Gasteiger partial charge on any atom is 0.272 e. The largest absolute Gasteiger partial charge is 0.384 e. The summed E-state index contributed by atoms with van der Waals surface area (Å²) in [4.78, 5) is 11.6. The predicted molar refractivity (Wildman–Crippen MR) is 57.4 cm³/mol. The van der Waals surface area contributed by atoms with Crippen molar-refractivity contribution in [2.75, 3.05) is 5.73 Å². The summed E-state index contributed by atoms with van der Waals surface area (Å²) < 4.78 is 1.57. The molecule has 0 aliphatic rings. The molecule has 0 aliphatic carbocycles. The minimum atomic E-state index is -0.235. The van der Waals surface area contributed by atoms with Gasteiger partial charge in [0.2, 0.25) is 0 Å². The highest BCUT2D eigenvalue weighted by molar-refractivity contribution is 5.92. The molecule has 0 aromatic carbocycles. The number of carbonyl (C=O) groups excluding carboxylic acids is 1. The Hall–Kier alpha value is -2.31. The molecule has 7 heteroatoms. The number of nitrogens with one attached hydrogen (secondary N) is 2. The lowest BCUT2D eigenvalue weighted by Gasteiger charge is -2.01. The summed E-state index contributed by atoms with van der Waals surface area (Å²) in [6.07, 6.45) is 3.29. The van der Waals surface area contributed by atoms with E-state index in [0.29, 0.717) is 18.1 Å². The molecule has 0 aliphatic heterocycles. The average Bonchev–Trinajstić information content (AvgIpc) is 2.84. The Bertz CT molecular complexity index is 500. The van der Waals surface area contributed by atoms with E-state index < -0.39 is 0 Å². The van der Waals surface area contributed by atoms with Crippen molar-refractivity contribution in [3.8, 4) is 0 Å². The quantitative estimate of drug-likeness (QED) is 0.658. The van der Waals surface area contributed by atoms with E-state index in [1.165, 1.54) is 0 Å². The van der Waals surface area contributed by atoms with Gasteiger partial charge in [-0.2, -0.15) is 10.2 Å². The van der Waals surface area contributed by atoms with Crippen LogP contribution in [0.25, 0.3) is 0 Å². The Kier molecular flexibility index (Phi) is 2.59. The molecule has 0 saturated heterocycles. The number of aromatic amines is 1. The predicted octanol–water partition coefficient (Wildman–Crippen LogP) is -0.345. The number of amides is 1. The Morgan fingerprint density at radius 2 is 2.50 bits per heavy atom. The first-order valence-electron chi connectivity index (χ1n) is 4.72. The second-order valence-corrected chi connectivity index (χ2v) is 3.37. The van der Waals surface area contributed by atoms with Crippen LogP contribution in [0.1, 0.15) is 16.1 Å². The molecular formula is C9H12N6O. The van der Waals surface area contributed by atoms with Gasteiger partial charge in [-0.3, -0.25) is 14.6 Å². The molecule has 0 spiro atoms. The molecule has 0 radical (unpaired) electrons. The molecule has 2 heterocycles. The van der Waals surface area contributed by atoms with Crippen molar-refractivity contribution in [3.63, 3.8) is 0 Å². The summed E-state index contributed by atoms with van der Waals surface area (Å²) in [6, 6.07) is 1.65. The first-order chi connectivity index (χ1) is 7.66. The van der Waals surface area contributed by atoms with Crippen LogP contribution < -0.4 is 11.1 Å². The van der Waals surface area contributed by atoms with Gasteiger partial charge in [0, 0.05) is 25.4 Å². The number of aryl methyl sites for hydroxylation is 1. The monoisotopic (exact) mass is 220 g/mol. The van der Waals surface area contributed by atoms with Crippen LogP contribution in [-0.2, 0) is 13.6 Å². The van der Waals surface area contributed by atoms with Crippen LogP contribution in [-0.4, -0.2) is 25.9 Å². The first-order valence-corrected chi connectivity index (χ1v) is 4.72. The highest BCUT2D eigenvalue weighted by Gasteiger charge is 2.09. The van der Waals surface area contributed by atoms with E-state index in [2.05, 4.69) is 20.6 Å². The fourth-order valence-electron chi connectivity index (χ4n) is 1.26. The summed E-state index contributed by atoms with van der Waals surface area (Å²) in [5.41, 5.74) is 6.71. The molecule has 2 aromatic heterocycles. The minimum absolute atomic E-state index is 0.235. The second kappa shape index (κ2) is 4.05. The van der Waals surface area contributed by atoms with Crippen LogP contribution in [0, 0.1) is 0 Å². The number of carbonyl (C=O) groups is 1. The molecule has 16 heavy (non-hydrogen) atoms. The number of rotatable bonds is 3. The Morgan fingerprint density at radius 1 is 1.69 bits per heavy atom. The van der Waals surface area contributed by atoms with Crippen molar-refractivity contribution in [2.45, 2.75) is 6.54 Å². The lowest BCUT2D eigenvalue weighted by Crippen LogP contribution is -2.23. The molecule has 0 bridgehead atoms. The maximum absolute atomic E-state index is 11.6. The van der Waals surface area contributed by atoms with Crippen molar-refractivity contribution in [1.82, 2.24) is 25.3 Å². The molecule has 7 nitrogen and oxygen atoms in total. The zero-order chi connectivity index (χ0) is 11.5. The third-order valence-electron chi connectivity index (χ3n) is 2.14. The summed E-state index contributed by atoms with van der Waals surface area (Å²) in [6.45, 7) is 0.331. The van der Waals surface area contributed by atoms with Gasteiger partial charge in [-0.1, -0.05) is 0 Å². The smallest absolute Gasteiger partial charge is 0.272 e. The van der Waals surface area contributed by atoms with Crippen LogP contribution in [0.5, 0.6) is 0 Å². The van der Waals surface area contributed by atoms with Gasteiger partial charge in [0.25, 0.3) is 5.91 Å². The molecule has 0 unspecified atom stereocenters. The van der Waals surface area contributed by atoms with E-state index in [0.717, 1.165) is 5.56 Å². The highest BCUT2D eigenvalue weighted by atomic mass is 16.1. The zero-order valence-corrected chi connectivity index (χ0v) is 8.77. The van der Waals surface area contributed by atoms with Crippen molar-refractivity contribution >= 4 is 11.7 Å². The van der Waals surface area contributed by atoms with Crippen molar-refractivity contribution in [3.05, 3.63) is 29.7 Å². The van der Waals surface area contributed by atoms with Crippen LogP contribution in [0.4, 0.5) is 5.82 Å². The second-order valence-electron chi connectivity index (χ2n) is 3.37.